The summed E-state index contributed by atoms with van der Waals surface area (Å²) in [6, 6.07) is 7.46. The third kappa shape index (κ3) is 4.89. The lowest BCUT2D eigenvalue weighted by Gasteiger charge is -2.19. The van der Waals surface area contributed by atoms with Crippen molar-refractivity contribution in [1.82, 2.24) is 15.2 Å². The Kier molecular flexibility index (Phi) is 6.79. The van der Waals surface area contributed by atoms with Crippen molar-refractivity contribution in [2.75, 3.05) is 13.1 Å². The van der Waals surface area contributed by atoms with Gasteiger partial charge in [-0.3, -0.25) is 14.6 Å². The van der Waals surface area contributed by atoms with Gasteiger partial charge in [0.2, 0.25) is 5.91 Å². The third-order valence-corrected chi connectivity index (χ3v) is 5.15. The minimum absolute atomic E-state index is 0.301. The van der Waals surface area contributed by atoms with Crippen molar-refractivity contribution >= 4 is 28.3 Å². The van der Waals surface area contributed by atoms with Crippen LogP contribution < -0.4 is 5.32 Å². The minimum Gasteiger partial charge on any atom is -0.343 e. The van der Waals surface area contributed by atoms with Gasteiger partial charge in [-0.25, -0.2) is 8.78 Å². The van der Waals surface area contributed by atoms with E-state index in [0.717, 1.165) is 16.0 Å². The normalized spacial score (nSPS) is 18.0. The van der Waals surface area contributed by atoms with E-state index in [1.807, 2.05) is 37.3 Å². The fourth-order valence-corrected chi connectivity index (χ4v) is 3.55. The number of nitrogens with zero attached hydrogens (tertiary/aromatic N) is 3. The Morgan fingerprint density at radius 1 is 1.41 bits per heavy atom. The van der Waals surface area contributed by atoms with Crippen molar-refractivity contribution in [3.63, 3.8) is 0 Å². The number of alkyl halides is 2. The number of carbonyl (C=O) groups is 2. The molecule has 0 bridgehead atoms. The van der Waals surface area contributed by atoms with E-state index < -0.39 is 43.3 Å². The minimum atomic E-state index is -3.11. The maximum absolute atomic E-state index is 13.6. The largest absolute Gasteiger partial charge is 0.343 e. The van der Waals surface area contributed by atoms with Crippen LogP contribution in [0.15, 0.2) is 61.3 Å². The van der Waals surface area contributed by atoms with E-state index in [2.05, 4.69) is 16.9 Å². The van der Waals surface area contributed by atoms with E-state index in [-0.39, 0.29) is 0 Å². The number of carbonyl (C=O) groups excluding carboxylic acids is 2. The third-order valence-electron chi connectivity index (χ3n) is 5.15. The number of likely N-dealkylation sites (tertiary alicyclic amines) is 1. The van der Waals surface area contributed by atoms with Crippen molar-refractivity contribution in [2.45, 2.75) is 25.3 Å². The Morgan fingerprint density at radius 3 is 2.88 bits per heavy atom. The molecule has 3 rings (SSSR count). The Hall–Kier alpha value is -3.86. The van der Waals surface area contributed by atoms with Gasteiger partial charge in [-0.15, -0.1) is 0 Å². The SMILES string of the molecule is C=C/C(=C\C=C/C)c1ccc2c(C(=O)NCC(=O)N3CC(F)(F)CC3C#N)ccnc2c1. The first-order valence-electron chi connectivity index (χ1n) is 9.99. The molecule has 164 valence electrons. The Balaban J connectivity index is 1.78. The van der Waals surface area contributed by atoms with E-state index in [1.54, 1.807) is 18.2 Å². The summed E-state index contributed by atoms with van der Waals surface area (Å²) in [5, 5.41) is 12.1. The lowest BCUT2D eigenvalue weighted by molar-refractivity contribution is -0.131. The molecule has 0 saturated carbocycles. The lowest BCUT2D eigenvalue weighted by Crippen LogP contribution is -2.43. The molecule has 0 spiro atoms. The van der Waals surface area contributed by atoms with Gasteiger partial charge in [0.1, 0.15) is 6.04 Å². The molecule has 1 aliphatic heterocycles. The molecule has 32 heavy (non-hydrogen) atoms. The smallest absolute Gasteiger partial charge is 0.268 e. The van der Waals surface area contributed by atoms with Crippen molar-refractivity contribution < 1.29 is 18.4 Å². The topological polar surface area (TPSA) is 86.1 Å². The van der Waals surface area contributed by atoms with Gasteiger partial charge in [0.15, 0.2) is 0 Å². The quantitative estimate of drug-likeness (QED) is 0.697. The molecule has 0 radical (unpaired) electrons. The van der Waals surface area contributed by atoms with E-state index in [9.17, 15) is 18.4 Å². The Morgan fingerprint density at radius 2 is 2.19 bits per heavy atom. The maximum atomic E-state index is 13.6. The van der Waals surface area contributed by atoms with E-state index in [1.165, 1.54) is 12.3 Å². The summed E-state index contributed by atoms with van der Waals surface area (Å²) in [4.78, 5) is 30.2. The van der Waals surface area contributed by atoms with E-state index in [4.69, 9.17) is 5.26 Å². The number of fused-ring (bicyclic) bond motifs is 1. The highest BCUT2D eigenvalue weighted by molar-refractivity contribution is 6.07. The number of rotatable bonds is 6. The number of hydrogen-bond acceptors (Lipinski definition) is 4. The zero-order valence-corrected chi connectivity index (χ0v) is 17.5. The van der Waals surface area contributed by atoms with Crippen LogP contribution in [-0.2, 0) is 4.79 Å². The van der Waals surface area contributed by atoms with Crippen molar-refractivity contribution in [3.05, 3.63) is 72.5 Å². The number of hydrogen-bond donors (Lipinski definition) is 1. The highest BCUT2D eigenvalue weighted by atomic mass is 19.3. The standard InChI is InChI=1S/C24H22F2N4O2/c1-3-5-6-16(4-2)17-7-8-19-20(9-10-28-21(19)11-17)23(32)29-14-22(31)30-15-24(25,26)12-18(30)13-27/h3-11,18H,2,12,14-15H2,1H3,(H,29,32)/b5-3-,16-6+. The van der Waals surface area contributed by atoms with Crippen molar-refractivity contribution in [2.24, 2.45) is 0 Å². The molecule has 2 heterocycles. The van der Waals surface area contributed by atoms with E-state index in [0.29, 0.717) is 16.5 Å². The molecule has 1 fully saturated rings. The van der Waals surface area contributed by atoms with Gasteiger partial charge in [-0.2, -0.15) is 5.26 Å². The number of halogens is 2. The Bertz CT molecular complexity index is 1160. The summed E-state index contributed by atoms with van der Waals surface area (Å²) in [6.07, 6.45) is 8.21. The zero-order chi connectivity index (χ0) is 23.3. The molecule has 1 atom stereocenters. The molecule has 1 aromatic carbocycles. The van der Waals surface area contributed by atoms with Crippen LogP contribution in [0.4, 0.5) is 8.78 Å². The Labute approximate surface area is 184 Å². The van der Waals surface area contributed by atoms with Gasteiger partial charge < -0.3 is 10.2 Å². The number of benzene rings is 1. The number of aromatic nitrogens is 1. The molecule has 1 N–H and O–H groups in total. The van der Waals surface area contributed by atoms with Crippen LogP contribution in [0.1, 0.15) is 29.3 Å². The van der Waals surface area contributed by atoms with Crippen LogP contribution in [0.5, 0.6) is 0 Å². The summed E-state index contributed by atoms with van der Waals surface area (Å²) in [6.45, 7) is 4.42. The van der Waals surface area contributed by atoms with Gasteiger partial charge in [-0.1, -0.05) is 43.0 Å². The number of nitrogens with one attached hydrogen (secondary N) is 1. The van der Waals surface area contributed by atoms with Crippen LogP contribution >= 0.6 is 0 Å². The maximum Gasteiger partial charge on any atom is 0.268 e. The fraction of sp³-hybridized carbons (Fsp3) is 0.250. The van der Waals surface area contributed by atoms with Crippen LogP contribution in [0.25, 0.3) is 16.5 Å². The van der Waals surface area contributed by atoms with E-state index >= 15 is 0 Å². The van der Waals surface area contributed by atoms with Crippen LogP contribution in [0.2, 0.25) is 0 Å². The molecule has 0 aliphatic carbocycles. The predicted molar refractivity (Wildman–Crippen MR) is 118 cm³/mol. The summed E-state index contributed by atoms with van der Waals surface area (Å²) >= 11 is 0. The summed E-state index contributed by atoms with van der Waals surface area (Å²) in [5.74, 6) is -4.37. The molecule has 1 aromatic heterocycles. The molecule has 6 nitrogen and oxygen atoms in total. The van der Waals surface area contributed by atoms with Gasteiger partial charge in [0.05, 0.1) is 30.2 Å². The number of nitriles is 1. The van der Waals surface area contributed by atoms with Gasteiger partial charge in [-0.05, 0) is 30.2 Å². The predicted octanol–water partition coefficient (Wildman–Crippen LogP) is 3.87. The first kappa shape index (κ1) is 22.8. The molecule has 2 aromatic rings. The number of pyridine rings is 1. The fourth-order valence-electron chi connectivity index (χ4n) is 3.55. The molecular formula is C24H22F2N4O2. The second kappa shape index (κ2) is 9.52. The van der Waals surface area contributed by atoms with Crippen LogP contribution in [0, 0.1) is 11.3 Å². The first-order valence-corrected chi connectivity index (χ1v) is 9.99. The van der Waals surface area contributed by atoms with Gasteiger partial charge in [0, 0.05) is 18.0 Å². The molecule has 8 heteroatoms. The summed E-state index contributed by atoms with van der Waals surface area (Å²) in [5.41, 5.74) is 2.65. The molecule has 1 unspecified atom stereocenters. The zero-order valence-electron chi connectivity index (χ0n) is 17.5. The van der Waals surface area contributed by atoms with Gasteiger partial charge in [0.25, 0.3) is 11.8 Å². The van der Waals surface area contributed by atoms with Gasteiger partial charge >= 0.3 is 0 Å². The molecule has 1 saturated heterocycles. The highest BCUT2D eigenvalue weighted by Gasteiger charge is 2.47. The monoisotopic (exact) mass is 436 g/mol. The first-order chi connectivity index (χ1) is 15.3. The average molecular weight is 436 g/mol. The second-order valence-electron chi connectivity index (χ2n) is 7.35. The summed E-state index contributed by atoms with van der Waals surface area (Å²) < 4.78 is 27.1. The second-order valence-corrected chi connectivity index (χ2v) is 7.35. The van der Waals surface area contributed by atoms with Crippen LogP contribution in [-0.4, -0.2) is 46.8 Å². The molecular weight excluding hydrogens is 414 g/mol. The van der Waals surface area contributed by atoms with Crippen molar-refractivity contribution in [3.8, 4) is 6.07 Å². The van der Waals surface area contributed by atoms with Crippen LogP contribution in [0.3, 0.4) is 0 Å². The molecule has 1 aliphatic rings. The summed E-state index contributed by atoms with van der Waals surface area (Å²) in [7, 11) is 0. The highest BCUT2D eigenvalue weighted by Crippen LogP contribution is 2.31. The number of allylic oxidation sites excluding steroid dienone is 5. The molecule has 2 amide bonds. The lowest BCUT2D eigenvalue weighted by atomic mass is 10.0. The number of amides is 2. The van der Waals surface area contributed by atoms with Crippen molar-refractivity contribution in [1.29, 1.82) is 5.26 Å². The average Bonchev–Trinajstić information content (AvgIpc) is 3.11.